The van der Waals surface area contributed by atoms with Crippen molar-refractivity contribution in [2.75, 3.05) is 18.4 Å². The maximum Gasteiger partial charge on any atom is 0.183 e. The quantitative estimate of drug-likeness (QED) is 0.758. The number of aromatic nitrogens is 3. The Labute approximate surface area is 135 Å². The van der Waals surface area contributed by atoms with Crippen molar-refractivity contribution in [2.45, 2.75) is 6.92 Å². The fourth-order valence-corrected chi connectivity index (χ4v) is 2.26. The Balaban J connectivity index is 2.03. The first-order valence-electron chi connectivity index (χ1n) is 7.59. The van der Waals surface area contributed by atoms with E-state index in [9.17, 15) is 0 Å². The van der Waals surface area contributed by atoms with E-state index in [1.807, 2.05) is 42.5 Å². The average Bonchev–Trinajstić information content (AvgIpc) is 2.61. The maximum absolute atomic E-state index is 5.61. The zero-order valence-corrected chi connectivity index (χ0v) is 13.0. The molecule has 3 aromatic rings. The first kappa shape index (κ1) is 15.1. The van der Waals surface area contributed by atoms with Gasteiger partial charge < -0.3 is 11.1 Å². The van der Waals surface area contributed by atoms with Crippen LogP contribution in [0.15, 0.2) is 54.6 Å². The highest BCUT2D eigenvalue weighted by atomic mass is 15.2. The second-order valence-electron chi connectivity index (χ2n) is 5.28. The van der Waals surface area contributed by atoms with E-state index in [1.165, 1.54) is 5.56 Å². The molecule has 0 bridgehead atoms. The van der Waals surface area contributed by atoms with Gasteiger partial charge in [-0.05, 0) is 6.92 Å². The molecule has 0 saturated heterocycles. The number of nitrogens with zero attached hydrogens (tertiary/aromatic N) is 3. The van der Waals surface area contributed by atoms with Crippen LogP contribution < -0.4 is 11.1 Å². The normalized spacial score (nSPS) is 10.5. The second kappa shape index (κ2) is 6.98. The molecule has 3 rings (SSSR count). The number of anilines is 1. The summed E-state index contributed by atoms with van der Waals surface area (Å²) in [5, 5.41) is 11.9. The lowest BCUT2D eigenvalue weighted by molar-refractivity contribution is 0.959. The van der Waals surface area contributed by atoms with E-state index in [0.29, 0.717) is 24.7 Å². The lowest BCUT2D eigenvalue weighted by Gasteiger charge is -2.11. The van der Waals surface area contributed by atoms with Crippen molar-refractivity contribution in [2.24, 2.45) is 5.73 Å². The van der Waals surface area contributed by atoms with Crippen LogP contribution in [0.1, 0.15) is 5.56 Å². The second-order valence-corrected chi connectivity index (χ2v) is 5.28. The summed E-state index contributed by atoms with van der Waals surface area (Å²) < 4.78 is 0. The molecule has 0 unspecified atom stereocenters. The molecule has 0 aliphatic heterocycles. The van der Waals surface area contributed by atoms with Gasteiger partial charge in [-0.3, -0.25) is 0 Å². The van der Waals surface area contributed by atoms with Crippen molar-refractivity contribution in [3.63, 3.8) is 0 Å². The molecule has 1 heterocycles. The number of hydrogen-bond acceptors (Lipinski definition) is 5. The SMILES string of the molecule is Cc1ccc(-c2nnc(-c3ccccc3)nc2NCCN)cc1. The first-order chi connectivity index (χ1) is 11.3. The van der Waals surface area contributed by atoms with Crippen LogP contribution in [-0.4, -0.2) is 28.3 Å². The molecular weight excluding hydrogens is 286 g/mol. The van der Waals surface area contributed by atoms with Crippen LogP contribution in [0.3, 0.4) is 0 Å². The topological polar surface area (TPSA) is 76.7 Å². The largest absolute Gasteiger partial charge is 0.367 e. The van der Waals surface area contributed by atoms with Gasteiger partial charge in [-0.2, -0.15) is 0 Å². The van der Waals surface area contributed by atoms with Crippen LogP contribution in [0.4, 0.5) is 5.82 Å². The fourth-order valence-electron chi connectivity index (χ4n) is 2.26. The third kappa shape index (κ3) is 3.52. The van der Waals surface area contributed by atoms with Gasteiger partial charge in [0.25, 0.3) is 0 Å². The van der Waals surface area contributed by atoms with Gasteiger partial charge in [0.2, 0.25) is 0 Å². The van der Waals surface area contributed by atoms with E-state index in [4.69, 9.17) is 5.73 Å². The van der Waals surface area contributed by atoms with Gasteiger partial charge in [-0.1, -0.05) is 60.2 Å². The molecule has 0 aliphatic carbocycles. The standard InChI is InChI=1S/C18H19N5/c1-13-7-9-14(10-8-13)16-18(20-12-11-19)21-17(23-22-16)15-5-3-2-4-6-15/h2-10H,11-12,19H2,1H3,(H,20,21,23). The number of rotatable bonds is 5. The Morgan fingerprint density at radius 1 is 0.913 bits per heavy atom. The Kier molecular flexibility index (Phi) is 4.59. The minimum absolute atomic E-state index is 0.526. The number of nitrogens with one attached hydrogen (secondary N) is 1. The van der Waals surface area contributed by atoms with Gasteiger partial charge in [0.05, 0.1) is 0 Å². The molecule has 0 saturated carbocycles. The highest BCUT2D eigenvalue weighted by molar-refractivity contribution is 5.72. The van der Waals surface area contributed by atoms with E-state index < -0.39 is 0 Å². The zero-order valence-electron chi connectivity index (χ0n) is 13.0. The van der Waals surface area contributed by atoms with Gasteiger partial charge in [-0.15, -0.1) is 10.2 Å². The van der Waals surface area contributed by atoms with E-state index in [-0.39, 0.29) is 0 Å². The van der Waals surface area contributed by atoms with Crippen molar-refractivity contribution in [3.8, 4) is 22.6 Å². The number of aryl methyl sites for hydroxylation is 1. The molecule has 3 N–H and O–H groups in total. The lowest BCUT2D eigenvalue weighted by atomic mass is 10.1. The van der Waals surface area contributed by atoms with Crippen molar-refractivity contribution in [1.82, 2.24) is 15.2 Å². The monoisotopic (exact) mass is 305 g/mol. The van der Waals surface area contributed by atoms with E-state index in [1.54, 1.807) is 0 Å². The molecule has 0 fully saturated rings. The van der Waals surface area contributed by atoms with Crippen LogP contribution >= 0.6 is 0 Å². The smallest absolute Gasteiger partial charge is 0.183 e. The van der Waals surface area contributed by atoms with E-state index in [2.05, 4.69) is 39.6 Å². The minimum Gasteiger partial charge on any atom is -0.367 e. The Bertz CT molecular complexity index is 769. The highest BCUT2D eigenvalue weighted by Gasteiger charge is 2.12. The van der Waals surface area contributed by atoms with E-state index in [0.717, 1.165) is 16.8 Å². The number of nitrogens with two attached hydrogens (primary N) is 1. The lowest BCUT2D eigenvalue weighted by Crippen LogP contribution is -2.15. The first-order valence-corrected chi connectivity index (χ1v) is 7.59. The van der Waals surface area contributed by atoms with Crippen LogP contribution in [0.25, 0.3) is 22.6 Å². The molecule has 0 atom stereocenters. The molecule has 116 valence electrons. The van der Waals surface area contributed by atoms with Crippen LogP contribution in [-0.2, 0) is 0 Å². The third-order valence-electron chi connectivity index (χ3n) is 3.48. The van der Waals surface area contributed by atoms with Crippen LogP contribution in [0, 0.1) is 6.92 Å². The van der Waals surface area contributed by atoms with Crippen molar-refractivity contribution >= 4 is 5.82 Å². The van der Waals surface area contributed by atoms with Gasteiger partial charge in [0.15, 0.2) is 11.6 Å². The predicted molar refractivity (Wildman–Crippen MR) is 93.0 cm³/mol. The molecule has 2 aromatic carbocycles. The van der Waals surface area contributed by atoms with Crippen molar-refractivity contribution in [3.05, 3.63) is 60.2 Å². The molecule has 0 spiro atoms. The molecule has 0 radical (unpaired) electrons. The van der Waals surface area contributed by atoms with Gasteiger partial charge >= 0.3 is 0 Å². The fraction of sp³-hybridized carbons (Fsp3) is 0.167. The number of hydrogen-bond donors (Lipinski definition) is 2. The summed E-state index contributed by atoms with van der Waals surface area (Å²) in [6, 6.07) is 18.0. The minimum atomic E-state index is 0.526. The van der Waals surface area contributed by atoms with Gasteiger partial charge in [0, 0.05) is 24.2 Å². The third-order valence-corrected chi connectivity index (χ3v) is 3.48. The molecule has 0 amide bonds. The summed E-state index contributed by atoms with van der Waals surface area (Å²) in [6.45, 7) is 3.21. The maximum atomic E-state index is 5.61. The molecule has 0 aliphatic rings. The summed E-state index contributed by atoms with van der Waals surface area (Å²) in [7, 11) is 0. The zero-order chi connectivity index (χ0) is 16.1. The summed E-state index contributed by atoms with van der Waals surface area (Å²) in [6.07, 6.45) is 0. The Morgan fingerprint density at radius 3 is 2.35 bits per heavy atom. The average molecular weight is 305 g/mol. The molecule has 5 nitrogen and oxygen atoms in total. The molecule has 5 heteroatoms. The highest BCUT2D eigenvalue weighted by Crippen LogP contribution is 2.26. The van der Waals surface area contributed by atoms with Crippen LogP contribution in [0.2, 0.25) is 0 Å². The molecule has 1 aromatic heterocycles. The van der Waals surface area contributed by atoms with E-state index >= 15 is 0 Å². The summed E-state index contributed by atoms with van der Waals surface area (Å²) in [5.41, 5.74) is 9.46. The van der Waals surface area contributed by atoms with Crippen molar-refractivity contribution in [1.29, 1.82) is 0 Å². The van der Waals surface area contributed by atoms with Crippen LogP contribution in [0.5, 0.6) is 0 Å². The van der Waals surface area contributed by atoms with Gasteiger partial charge in [-0.25, -0.2) is 4.98 Å². The molecule has 23 heavy (non-hydrogen) atoms. The summed E-state index contributed by atoms with van der Waals surface area (Å²) in [4.78, 5) is 4.64. The summed E-state index contributed by atoms with van der Waals surface area (Å²) in [5.74, 6) is 1.30. The van der Waals surface area contributed by atoms with Gasteiger partial charge in [0.1, 0.15) is 5.69 Å². The predicted octanol–water partition coefficient (Wildman–Crippen LogP) is 2.88. The Hall–Kier alpha value is -2.79. The Morgan fingerprint density at radius 2 is 1.65 bits per heavy atom. The van der Waals surface area contributed by atoms with Crippen molar-refractivity contribution < 1.29 is 0 Å². The summed E-state index contributed by atoms with van der Waals surface area (Å²) >= 11 is 0. The number of benzene rings is 2. The molecular formula is C18H19N5.